The highest BCUT2D eigenvalue weighted by Crippen LogP contribution is 2.13. The maximum Gasteiger partial charge on any atom is 0.242 e. The lowest BCUT2D eigenvalue weighted by Crippen LogP contribution is -2.45. The van der Waals surface area contributed by atoms with E-state index in [1.54, 1.807) is 10.9 Å². The predicted octanol–water partition coefficient (Wildman–Crippen LogP) is 3.41. The second kappa shape index (κ2) is 12.7. The minimum Gasteiger partial charge on any atom is -0.357 e. The molecular formula is C20H30ClIN6O. The van der Waals surface area contributed by atoms with Gasteiger partial charge in [-0.15, -0.1) is 24.0 Å². The molecule has 1 amide bonds. The molecule has 2 aromatic rings. The van der Waals surface area contributed by atoms with Crippen molar-refractivity contribution in [1.29, 1.82) is 0 Å². The zero-order chi connectivity index (χ0) is 20.5. The Bertz CT molecular complexity index is 789. The Labute approximate surface area is 195 Å². The first-order chi connectivity index (χ1) is 13.5. The minimum absolute atomic E-state index is 0. The summed E-state index contributed by atoms with van der Waals surface area (Å²) in [5.41, 5.74) is 1.92. The van der Waals surface area contributed by atoms with Crippen LogP contribution >= 0.6 is 35.6 Å². The smallest absolute Gasteiger partial charge is 0.242 e. The molecule has 0 spiro atoms. The Morgan fingerprint density at radius 2 is 1.86 bits per heavy atom. The lowest BCUT2D eigenvalue weighted by atomic mass is 10.3. The van der Waals surface area contributed by atoms with Crippen molar-refractivity contribution in [2.45, 2.75) is 27.3 Å². The molecule has 0 aliphatic carbocycles. The van der Waals surface area contributed by atoms with E-state index in [0.29, 0.717) is 30.6 Å². The highest BCUT2D eigenvalue weighted by Gasteiger charge is 2.15. The molecule has 29 heavy (non-hydrogen) atoms. The number of hydrogen-bond acceptors (Lipinski definition) is 3. The van der Waals surface area contributed by atoms with Crippen LogP contribution in [0.15, 0.2) is 41.7 Å². The Balaban J connectivity index is 0.00000420. The van der Waals surface area contributed by atoms with Gasteiger partial charge >= 0.3 is 0 Å². The van der Waals surface area contributed by atoms with Crippen molar-refractivity contribution in [3.63, 3.8) is 0 Å². The summed E-state index contributed by atoms with van der Waals surface area (Å²) in [5.74, 6) is 0.788. The summed E-state index contributed by atoms with van der Waals surface area (Å²) in [6, 6.07) is 7.50. The molecule has 0 unspecified atom stereocenters. The number of halogens is 2. The van der Waals surface area contributed by atoms with Crippen LogP contribution in [0.1, 0.15) is 26.3 Å². The Morgan fingerprint density at radius 3 is 2.45 bits per heavy atom. The zero-order valence-electron chi connectivity index (χ0n) is 17.4. The van der Waals surface area contributed by atoms with Crippen LogP contribution in [0.25, 0.3) is 5.69 Å². The van der Waals surface area contributed by atoms with Gasteiger partial charge in [0.2, 0.25) is 5.91 Å². The summed E-state index contributed by atoms with van der Waals surface area (Å²) in [5, 5.41) is 8.32. The van der Waals surface area contributed by atoms with Crippen LogP contribution < -0.4 is 5.32 Å². The van der Waals surface area contributed by atoms with Gasteiger partial charge in [-0.2, -0.15) is 5.10 Å². The molecule has 0 radical (unpaired) electrons. The molecule has 0 atom stereocenters. The average Bonchev–Trinajstić information content (AvgIpc) is 3.15. The van der Waals surface area contributed by atoms with Crippen LogP contribution in [0.4, 0.5) is 0 Å². The molecule has 9 heteroatoms. The number of carbonyl (C=O) groups is 1. The minimum atomic E-state index is 0. The fourth-order valence-electron chi connectivity index (χ4n) is 2.77. The molecule has 160 valence electrons. The SMILES string of the molecule is CCNC(=NCc1cnn(-c2ccc(Cl)cc2)c1)N(C)CC(=O)N(CC)CC.I. The standard InChI is InChI=1S/C20H29ClN6O.HI/c1-5-22-20(25(4)15-19(28)26(6-2)7-3)23-12-16-13-24-27(14-16)18-10-8-17(21)9-11-18;/h8-11,13-14H,5-7,12,15H2,1-4H3,(H,22,23);1H. The van der Waals surface area contributed by atoms with Gasteiger partial charge in [0.15, 0.2) is 5.96 Å². The number of rotatable bonds is 8. The highest BCUT2D eigenvalue weighted by molar-refractivity contribution is 14.0. The van der Waals surface area contributed by atoms with Gasteiger partial charge in [-0.05, 0) is 45.0 Å². The fraction of sp³-hybridized carbons (Fsp3) is 0.450. The third-order valence-electron chi connectivity index (χ3n) is 4.32. The van der Waals surface area contributed by atoms with E-state index in [1.807, 2.05) is 68.1 Å². The topological polar surface area (TPSA) is 65.8 Å². The molecular weight excluding hydrogens is 503 g/mol. The van der Waals surface area contributed by atoms with Crippen molar-refractivity contribution in [3.05, 3.63) is 47.2 Å². The molecule has 2 rings (SSSR count). The van der Waals surface area contributed by atoms with E-state index >= 15 is 0 Å². The Kier molecular flexibility index (Phi) is 11.0. The van der Waals surface area contributed by atoms with Gasteiger partial charge in [-0.25, -0.2) is 9.67 Å². The lowest BCUT2D eigenvalue weighted by Gasteiger charge is -2.25. The maximum atomic E-state index is 12.4. The van der Waals surface area contributed by atoms with Gasteiger partial charge in [-0.3, -0.25) is 4.79 Å². The quantitative estimate of drug-likeness (QED) is 0.322. The summed E-state index contributed by atoms with van der Waals surface area (Å²) < 4.78 is 1.79. The molecule has 1 aromatic carbocycles. The molecule has 1 aromatic heterocycles. The van der Waals surface area contributed by atoms with Gasteiger partial charge in [0, 0.05) is 43.5 Å². The van der Waals surface area contributed by atoms with E-state index in [-0.39, 0.29) is 36.4 Å². The molecule has 7 nitrogen and oxygen atoms in total. The van der Waals surface area contributed by atoms with E-state index in [2.05, 4.69) is 15.4 Å². The number of guanidine groups is 1. The van der Waals surface area contributed by atoms with Crippen LogP contribution in [-0.2, 0) is 11.3 Å². The van der Waals surface area contributed by atoms with Crippen molar-refractivity contribution in [2.75, 3.05) is 33.2 Å². The average molecular weight is 533 g/mol. The van der Waals surface area contributed by atoms with Gasteiger partial charge < -0.3 is 15.1 Å². The largest absolute Gasteiger partial charge is 0.357 e. The van der Waals surface area contributed by atoms with Gasteiger partial charge in [0.25, 0.3) is 0 Å². The molecule has 0 bridgehead atoms. The van der Waals surface area contributed by atoms with Gasteiger partial charge in [0.05, 0.1) is 25.0 Å². The number of likely N-dealkylation sites (N-methyl/N-ethyl adjacent to an activating group) is 2. The predicted molar refractivity (Wildman–Crippen MR) is 129 cm³/mol. The van der Waals surface area contributed by atoms with Crippen LogP contribution in [-0.4, -0.2) is 64.7 Å². The number of hydrogen-bond donors (Lipinski definition) is 1. The van der Waals surface area contributed by atoms with E-state index in [1.165, 1.54) is 0 Å². The van der Waals surface area contributed by atoms with Crippen molar-refractivity contribution in [1.82, 2.24) is 24.9 Å². The molecule has 0 aliphatic rings. The molecule has 0 saturated heterocycles. The van der Waals surface area contributed by atoms with Gasteiger partial charge in [0.1, 0.15) is 0 Å². The molecule has 0 fully saturated rings. The summed E-state index contributed by atoms with van der Waals surface area (Å²) in [4.78, 5) is 20.7. The normalized spacial score (nSPS) is 11.0. The third kappa shape index (κ3) is 7.50. The second-order valence-corrected chi connectivity index (χ2v) is 6.80. The zero-order valence-corrected chi connectivity index (χ0v) is 20.5. The lowest BCUT2D eigenvalue weighted by molar-refractivity contribution is -0.131. The van der Waals surface area contributed by atoms with Crippen molar-refractivity contribution in [2.24, 2.45) is 4.99 Å². The van der Waals surface area contributed by atoms with E-state index in [0.717, 1.165) is 17.8 Å². The Morgan fingerprint density at radius 1 is 1.21 bits per heavy atom. The highest BCUT2D eigenvalue weighted by atomic mass is 127. The monoisotopic (exact) mass is 532 g/mol. The van der Waals surface area contributed by atoms with Crippen LogP contribution in [0.3, 0.4) is 0 Å². The molecule has 0 saturated carbocycles. The fourth-order valence-corrected chi connectivity index (χ4v) is 2.89. The van der Waals surface area contributed by atoms with E-state index in [4.69, 9.17) is 11.6 Å². The number of nitrogens with one attached hydrogen (secondary N) is 1. The number of amides is 1. The summed E-state index contributed by atoms with van der Waals surface area (Å²) in [7, 11) is 1.88. The van der Waals surface area contributed by atoms with Crippen molar-refractivity contribution in [3.8, 4) is 5.69 Å². The molecule has 1 N–H and O–H groups in total. The summed E-state index contributed by atoms with van der Waals surface area (Å²) in [6.45, 7) is 8.89. The second-order valence-electron chi connectivity index (χ2n) is 6.36. The van der Waals surface area contributed by atoms with Crippen LogP contribution in [0.2, 0.25) is 5.02 Å². The maximum absolute atomic E-state index is 12.4. The molecule has 1 heterocycles. The Hall–Kier alpha value is -1.81. The number of aliphatic imine (C=N–C) groups is 1. The summed E-state index contributed by atoms with van der Waals surface area (Å²) in [6.07, 6.45) is 3.74. The first-order valence-corrected chi connectivity index (χ1v) is 9.92. The first-order valence-electron chi connectivity index (χ1n) is 9.55. The third-order valence-corrected chi connectivity index (χ3v) is 4.58. The number of benzene rings is 1. The summed E-state index contributed by atoms with van der Waals surface area (Å²) >= 11 is 5.94. The van der Waals surface area contributed by atoms with Crippen LogP contribution in [0.5, 0.6) is 0 Å². The number of aromatic nitrogens is 2. The van der Waals surface area contributed by atoms with E-state index in [9.17, 15) is 4.79 Å². The van der Waals surface area contributed by atoms with Crippen LogP contribution in [0, 0.1) is 0 Å². The van der Waals surface area contributed by atoms with E-state index < -0.39 is 0 Å². The van der Waals surface area contributed by atoms with Crippen molar-refractivity contribution < 1.29 is 4.79 Å². The number of carbonyl (C=O) groups excluding carboxylic acids is 1. The number of nitrogens with zero attached hydrogens (tertiary/aromatic N) is 5. The first kappa shape index (κ1) is 25.2. The molecule has 0 aliphatic heterocycles. The van der Waals surface area contributed by atoms with Gasteiger partial charge in [-0.1, -0.05) is 11.6 Å². The van der Waals surface area contributed by atoms with Crippen molar-refractivity contribution >= 4 is 47.4 Å².